The van der Waals surface area contributed by atoms with Crippen molar-refractivity contribution in [3.05, 3.63) is 11.6 Å². The molecular formula is C13H20N8O4. The van der Waals surface area contributed by atoms with Crippen molar-refractivity contribution in [3.8, 4) is 0 Å². The number of nitrogens with one attached hydrogen (secondary N) is 2. The average molecular weight is 352 g/mol. The van der Waals surface area contributed by atoms with E-state index in [1.165, 1.54) is 0 Å². The summed E-state index contributed by atoms with van der Waals surface area (Å²) in [6, 6.07) is 0. The van der Waals surface area contributed by atoms with Crippen molar-refractivity contribution in [2.24, 2.45) is 5.41 Å². The van der Waals surface area contributed by atoms with Crippen molar-refractivity contribution in [2.75, 3.05) is 26.4 Å². The maximum Gasteiger partial charge on any atom is 0.158 e. The molecule has 2 aliphatic heterocycles. The summed E-state index contributed by atoms with van der Waals surface area (Å²) in [5.41, 5.74) is -0.241. The maximum absolute atomic E-state index is 5.83. The molecule has 0 unspecified atom stereocenters. The van der Waals surface area contributed by atoms with Crippen molar-refractivity contribution < 1.29 is 18.9 Å². The Morgan fingerprint density at radius 3 is 1.56 bits per heavy atom. The lowest BCUT2D eigenvalue weighted by Gasteiger charge is -2.43. The Balaban J connectivity index is 1.17. The molecule has 0 radical (unpaired) electrons. The van der Waals surface area contributed by atoms with Crippen molar-refractivity contribution in [3.63, 3.8) is 0 Å². The molecule has 136 valence electrons. The standard InChI is InChI=1S/C13H20N8O4/c1(9-14-18-19-15-9)3-11-22-5-13(6-23-11)7-24-12(25-8-13)4-2-10-16-20-21-17-10/h11-12H,1-8H2,(H,14,15,18,19)(H,16,17,20,21). The molecule has 0 bridgehead atoms. The van der Waals surface area contributed by atoms with E-state index >= 15 is 0 Å². The Hall–Kier alpha value is -2.02. The van der Waals surface area contributed by atoms with Crippen LogP contribution in [0.15, 0.2) is 0 Å². The summed E-state index contributed by atoms with van der Waals surface area (Å²) in [7, 11) is 0. The number of ether oxygens (including phenoxy) is 4. The first kappa shape index (κ1) is 16.4. The van der Waals surface area contributed by atoms with Gasteiger partial charge in [0.15, 0.2) is 12.6 Å². The van der Waals surface area contributed by atoms with Crippen molar-refractivity contribution in [1.82, 2.24) is 41.2 Å². The molecule has 2 aromatic heterocycles. The van der Waals surface area contributed by atoms with Crippen LogP contribution in [0.3, 0.4) is 0 Å². The van der Waals surface area contributed by atoms with Gasteiger partial charge in [-0.2, -0.15) is 0 Å². The largest absolute Gasteiger partial charge is 0.352 e. The molecule has 2 aliphatic rings. The second kappa shape index (κ2) is 7.47. The van der Waals surface area contributed by atoms with Gasteiger partial charge in [-0.05, 0) is 20.9 Å². The fourth-order valence-corrected chi connectivity index (χ4v) is 2.84. The van der Waals surface area contributed by atoms with Crippen LogP contribution in [-0.2, 0) is 31.8 Å². The van der Waals surface area contributed by atoms with E-state index in [2.05, 4.69) is 41.2 Å². The predicted molar refractivity (Wildman–Crippen MR) is 78.8 cm³/mol. The van der Waals surface area contributed by atoms with E-state index in [1.54, 1.807) is 0 Å². The zero-order valence-corrected chi connectivity index (χ0v) is 13.6. The highest BCUT2D eigenvalue weighted by Crippen LogP contribution is 2.31. The summed E-state index contributed by atoms with van der Waals surface area (Å²) in [5.74, 6) is 1.45. The van der Waals surface area contributed by atoms with Gasteiger partial charge in [0.2, 0.25) is 0 Å². The van der Waals surface area contributed by atoms with Crippen LogP contribution in [0, 0.1) is 5.41 Å². The van der Waals surface area contributed by atoms with E-state index in [4.69, 9.17) is 18.9 Å². The maximum atomic E-state index is 5.83. The molecule has 1 spiro atoms. The number of aromatic nitrogens is 8. The molecule has 2 fully saturated rings. The molecule has 2 aromatic rings. The molecule has 2 N–H and O–H groups in total. The van der Waals surface area contributed by atoms with Crippen LogP contribution in [0.2, 0.25) is 0 Å². The molecule has 25 heavy (non-hydrogen) atoms. The average Bonchev–Trinajstić information content (AvgIpc) is 3.35. The minimum Gasteiger partial charge on any atom is -0.352 e. The zero-order chi connectivity index (χ0) is 17.0. The number of aryl methyl sites for hydroxylation is 2. The summed E-state index contributed by atoms with van der Waals surface area (Å²) in [5, 5.41) is 27.3. The first-order valence-corrected chi connectivity index (χ1v) is 8.23. The fraction of sp³-hybridized carbons (Fsp3) is 0.846. The molecule has 4 rings (SSSR count). The molecule has 12 nitrogen and oxygen atoms in total. The SMILES string of the molecule is C(CC1OCC2(CO1)COC(CCc1nnn[nH]1)OC2)c1nnn[nH]1. The number of nitrogens with zero attached hydrogens (tertiary/aromatic N) is 6. The van der Waals surface area contributed by atoms with E-state index in [1.807, 2.05) is 0 Å². The Kier molecular flexibility index (Phi) is 4.92. The smallest absolute Gasteiger partial charge is 0.158 e. The third-order valence-corrected chi connectivity index (χ3v) is 4.31. The van der Waals surface area contributed by atoms with E-state index in [9.17, 15) is 0 Å². The van der Waals surface area contributed by atoms with Crippen molar-refractivity contribution in [2.45, 2.75) is 38.3 Å². The Morgan fingerprint density at radius 2 is 1.20 bits per heavy atom. The second-order valence-electron chi connectivity index (χ2n) is 6.38. The predicted octanol–water partition coefficient (Wildman–Crippen LogP) is -0.990. The summed E-state index contributed by atoms with van der Waals surface area (Å²) >= 11 is 0. The van der Waals surface area contributed by atoms with Crippen LogP contribution in [-0.4, -0.2) is 80.3 Å². The Bertz CT molecular complexity index is 561. The molecular weight excluding hydrogens is 332 g/mol. The molecule has 2 saturated heterocycles. The fourth-order valence-electron chi connectivity index (χ4n) is 2.84. The molecule has 0 amide bonds. The van der Waals surface area contributed by atoms with E-state index in [0.29, 0.717) is 52.1 Å². The number of tetrazole rings is 2. The van der Waals surface area contributed by atoms with Gasteiger partial charge < -0.3 is 18.9 Å². The number of H-pyrrole nitrogens is 2. The molecule has 0 atom stereocenters. The topological polar surface area (TPSA) is 146 Å². The lowest BCUT2D eigenvalue weighted by Crippen LogP contribution is -2.52. The van der Waals surface area contributed by atoms with Crippen molar-refractivity contribution in [1.29, 1.82) is 0 Å². The minimum atomic E-state index is -0.257. The Labute approximate surface area is 142 Å². The van der Waals surface area contributed by atoms with Gasteiger partial charge in [0.05, 0.1) is 31.8 Å². The lowest BCUT2D eigenvalue weighted by atomic mass is 9.90. The summed E-state index contributed by atoms with van der Waals surface area (Å²) in [4.78, 5) is 0. The van der Waals surface area contributed by atoms with Crippen molar-refractivity contribution >= 4 is 0 Å². The number of rotatable bonds is 6. The second-order valence-corrected chi connectivity index (χ2v) is 6.38. The summed E-state index contributed by atoms with van der Waals surface area (Å²) < 4.78 is 23.3. The molecule has 0 aliphatic carbocycles. The van der Waals surface area contributed by atoms with E-state index in [0.717, 1.165) is 11.6 Å². The first-order valence-electron chi connectivity index (χ1n) is 8.23. The molecule has 4 heterocycles. The van der Waals surface area contributed by atoms with Gasteiger partial charge in [0.1, 0.15) is 11.6 Å². The highest BCUT2D eigenvalue weighted by Gasteiger charge is 2.41. The van der Waals surface area contributed by atoms with E-state index < -0.39 is 0 Å². The summed E-state index contributed by atoms with van der Waals surface area (Å²) in [6.45, 7) is 2.19. The highest BCUT2D eigenvalue weighted by atomic mass is 16.7. The lowest BCUT2D eigenvalue weighted by molar-refractivity contribution is -0.303. The summed E-state index contributed by atoms with van der Waals surface area (Å²) in [6.07, 6.45) is 2.23. The third-order valence-electron chi connectivity index (χ3n) is 4.31. The number of hydrogen-bond donors (Lipinski definition) is 2. The van der Waals surface area contributed by atoms with Crippen LogP contribution >= 0.6 is 0 Å². The van der Waals surface area contributed by atoms with Gasteiger partial charge in [-0.15, -0.1) is 10.2 Å². The Morgan fingerprint density at radius 1 is 0.760 bits per heavy atom. The van der Waals surface area contributed by atoms with Gasteiger partial charge in [-0.1, -0.05) is 0 Å². The van der Waals surface area contributed by atoms with Crippen LogP contribution in [0.4, 0.5) is 0 Å². The van der Waals surface area contributed by atoms with Crippen LogP contribution < -0.4 is 0 Å². The normalized spacial score (nSPS) is 29.9. The van der Waals surface area contributed by atoms with Gasteiger partial charge in [-0.3, -0.25) is 0 Å². The highest BCUT2D eigenvalue weighted by molar-refractivity contribution is 4.86. The van der Waals surface area contributed by atoms with Gasteiger partial charge in [0.25, 0.3) is 0 Å². The minimum absolute atomic E-state index is 0.241. The van der Waals surface area contributed by atoms with Gasteiger partial charge in [0, 0.05) is 25.7 Å². The van der Waals surface area contributed by atoms with E-state index in [-0.39, 0.29) is 18.0 Å². The molecule has 0 saturated carbocycles. The zero-order valence-electron chi connectivity index (χ0n) is 13.6. The van der Waals surface area contributed by atoms with Gasteiger partial charge in [-0.25, -0.2) is 10.2 Å². The van der Waals surface area contributed by atoms with Crippen LogP contribution in [0.5, 0.6) is 0 Å². The van der Waals surface area contributed by atoms with Crippen LogP contribution in [0.25, 0.3) is 0 Å². The quantitative estimate of drug-likeness (QED) is 0.664. The number of hydrogen-bond acceptors (Lipinski definition) is 10. The van der Waals surface area contributed by atoms with Gasteiger partial charge >= 0.3 is 0 Å². The first-order chi connectivity index (χ1) is 12.3. The molecule has 12 heteroatoms. The molecule has 0 aromatic carbocycles. The van der Waals surface area contributed by atoms with Crippen LogP contribution in [0.1, 0.15) is 24.5 Å². The monoisotopic (exact) mass is 352 g/mol. The third kappa shape index (κ3) is 4.15. The number of aromatic amines is 2.